The lowest BCUT2D eigenvalue weighted by Crippen LogP contribution is -2.33. The van der Waals surface area contributed by atoms with E-state index in [-0.39, 0.29) is 0 Å². The molecule has 1 atom stereocenters. The lowest BCUT2D eigenvalue weighted by atomic mass is 9.93. The lowest BCUT2D eigenvalue weighted by molar-refractivity contribution is 0.322. The summed E-state index contributed by atoms with van der Waals surface area (Å²) in [7, 11) is 0. The molecule has 0 amide bonds. The summed E-state index contributed by atoms with van der Waals surface area (Å²) in [5, 5.41) is 10.7. The summed E-state index contributed by atoms with van der Waals surface area (Å²) in [5.41, 5.74) is 2.60. The second-order valence-corrected chi connectivity index (χ2v) is 5.83. The fourth-order valence-electron chi connectivity index (χ4n) is 2.95. The molecule has 0 saturated heterocycles. The highest BCUT2D eigenvalue weighted by Crippen LogP contribution is 2.24. The predicted octanol–water partition coefficient (Wildman–Crippen LogP) is 3.44. The zero-order valence-corrected chi connectivity index (χ0v) is 12.8. The topological polar surface area (TPSA) is 63.1 Å². The van der Waals surface area contributed by atoms with Gasteiger partial charge in [-0.3, -0.25) is 5.10 Å². The van der Waals surface area contributed by atoms with Crippen LogP contribution in [0.25, 0.3) is 0 Å². The first-order valence-corrected chi connectivity index (χ1v) is 7.93. The van der Waals surface area contributed by atoms with Crippen LogP contribution in [0.1, 0.15) is 23.4 Å². The second-order valence-electron chi connectivity index (χ2n) is 5.83. The molecule has 0 aliphatic heterocycles. The van der Waals surface area contributed by atoms with Crippen molar-refractivity contribution in [1.82, 2.24) is 15.5 Å². The van der Waals surface area contributed by atoms with E-state index >= 15 is 0 Å². The van der Waals surface area contributed by atoms with Crippen LogP contribution in [0.4, 0.5) is 0 Å². The Morgan fingerprint density at radius 1 is 1.22 bits per heavy atom. The number of aryl methyl sites for hydroxylation is 1. The number of furan rings is 1. The molecule has 2 aromatic heterocycles. The number of aromatic amines is 1. The van der Waals surface area contributed by atoms with Gasteiger partial charge in [0.15, 0.2) is 0 Å². The summed E-state index contributed by atoms with van der Waals surface area (Å²) in [4.78, 5) is 0. The van der Waals surface area contributed by atoms with E-state index in [0.717, 1.165) is 30.8 Å². The number of rotatable bonds is 5. The van der Waals surface area contributed by atoms with Crippen LogP contribution in [0, 0.1) is 0 Å². The average Bonchev–Trinajstić information content (AvgIpc) is 3.22. The number of benzene rings is 1. The van der Waals surface area contributed by atoms with E-state index in [1.165, 1.54) is 11.3 Å². The molecule has 4 rings (SSSR count). The summed E-state index contributed by atoms with van der Waals surface area (Å²) < 4.78 is 11.4. The molecule has 0 unspecified atom stereocenters. The van der Waals surface area contributed by atoms with Crippen LogP contribution in [0.2, 0.25) is 0 Å². The molecule has 1 aliphatic rings. The number of fused-ring (bicyclic) bond motifs is 1. The molecule has 1 aliphatic carbocycles. The molecule has 1 aromatic carbocycles. The van der Waals surface area contributed by atoms with E-state index < -0.39 is 0 Å². The lowest BCUT2D eigenvalue weighted by Gasteiger charge is -2.22. The molecule has 0 saturated carbocycles. The van der Waals surface area contributed by atoms with Crippen molar-refractivity contribution in [2.24, 2.45) is 0 Å². The van der Waals surface area contributed by atoms with Gasteiger partial charge in [-0.25, -0.2) is 0 Å². The minimum atomic E-state index is 0.462. The summed E-state index contributed by atoms with van der Waals surface area (Å²) >= 11 is 0. The first kappa shape index (κ1) is 14.1. The van der Waals surface area contributed by atoms with Crippen LogP contribution >= 0.6 is 0 Å². The molecule has 0 spiro atoms. The Morgan fingerprint density at radius 2 is 2.13 bits per heavy atom. The number of ether oxygens (including phenoxy) is 1. The minimum absolute atomic E-state index is 0.462. The van der Waals surface area contributed by atoms with Gasteiger partial charge in [0.1, 0.15) is 11.5 Å². The number of nitrogens with zero attached hydrogens (tertiary/aromatic N) is 1. The summed E-state index contributed by atoms with van der Waals surface area (Å²) in [5.74, 6) is 2.18. The van der Waals surface area contributed by atoms with Crippen molar-refractivity contribution >= 4 is 0 Å². The standard InChI is InChI=1S/C18H19N3O2/c1-2-4-15(5-3-1)22-18-9-7-16(23-18)12-19-14-6-8-17-13(10-14)11-20-21-17/h1-5,7,9,11,14,19H,6,8,10,12H2,(H,20,21)/t14-/m1/s1. The van der Waals surface area contributed by atoms with Crippen LogP contribution in [0.15, 0.2) is 53.1 Å². The molecular weight excluding hydrogens is 290 g/mol. The Hall–Kier alpha value is -2.53. The summed E-state index contributed by atoms with van der Waals surface area (Å²) in [6, 6.07) is 13.9. The van der Waals surface area contributed by atoms with Crippen molar-refractivity contribution in [2.45, 2.75) is 31.8 Å². The van der Waals surface area contributed by atoms with Crippen molar-refractivity contribution in [3.63, 3.8) is 0 Å². The summed E-state index contributed by atoms with van der Waals surface area (Å²) in [6.45, 7) is 0.704. The molecule has 0 radical (unpaired) electrons. The number of hydrogen-bond donors (Lipinski definition) is 2. The van der Waals surface area contributed by atoms with Gasteiger partial charge < -0.3 is 14.5 Å². The van der Waals surface area contributed by atoms with E-state index in [9.17, 15) is 0 Å². The van der Waals surface area contributed by atoms with Gasteiger partial charge in [0.25, 0.3) is 5.95 Å². The van der Waals surface area contributed by atoms with Gasteiger partial charge in [0.2, 0.25) is 0 Å². The smallest absolute Gasteiger partial charge is 0.290 e. The highest BCUT2D eigenvalue weighted by atomic mass is 16.6. The van der Waals surface area contributed by atoms with Crippen molar-refractivity contribution in [3.8, 4) is 11.7 Å². The fourth-order valence-corrected chi connectivity index (χ4v) is 2.95. The first-order chi connectivity index (χ1) is 11.4. The maximum atomic E-state index is 5.73. The highest BCUT2D eigenvalue weighted by Gasteiger charge is 2.19. The Balaban J connectivity index is 1.32. The fraction of sp³-hybridized carbons (Fsp3) is 0.278. The van der Waals surface area contributed by atoms with E-state index in [0.29, 0.717) is 18.5 Å². The maximum Gasteiger partial charge on any atom is 0.290 e. The molecule has 3 aromatic rings. The quantitative estimate of drug-likeness (QED) is 0.758. The second kappa shape index (κ2) is 6.30. The normalized spacial score (nSPS) is 17.0. The molecule has 2 heterocycles. The van der Waals surface area contributed by atoms with Gasteiger partial charge in [-0.2, -0.15) is 5.10 Å². The van der Waals surface area contributed by atoms with Gasteiger partial charge in [-0.05, 0) is 43.0 Å². The average molecular weight is 309 g/mol. The molecule has 23 heavy (non-hydrogen) atoms. The van der Waals surface area contributed by atoms with Gasteiger partial charge in [-0.15, -0.1) is 0 Å². The molecule has 5 nitrogen and oxygen atoms in total. The van der Waals surface area contributed by atoms with E-state index in [2.05, 4.69) is 15.5 Å². The Bertz CT molecular complexity index is 763. The molecule has 0 fully saturated rings. The molecule has 2 N–H and O–H groups in total. The van der Waals surface area contributed by atoms with Gasteiger partial charge in [0.05, 0.1) is 12.7 Å². The Kier molecular flexibility index (Phi) is 3.86. The third-order valence-corrected chi connectivity index (χ3v) is 4.18. The molecule has 0 bridgehead atoms. The zero-order valence-electron chi connectivity index (χ0n) is 12.8. The van der Waals surface area contributed by atoms with Gasteiger partial charge >= 0.3 is 0 Å². The van der Waals surface area contributed by atoms with E-state index in [4.69, 9.17) is 9.15 Å². The predicted molar refractivity (Wildman–Crippen MR) is 86.5 cm³/mol. The van der Waals surface area contributed by atoms with Crippen molar-refractivity contribution < 1.29 is 9.15 Å². The van der Waals surface area contributed by atoms with Crippen molar-refractivity contribution in [2.75, 3.05) is 0 Å². The zero-order chi connectivity index (χ0) is 15.5. The van der Waals surface area contributed by atoms with E-state index in [1.807, 2.05) is 48.7 Å². The van der Waals surface area contributed by atoms with Gasteiger partial charge in [0, 0.05) is 17.8 Å². The SMILES string of the molecule is c1ccc(Oc2ccc(CN[C@@H]3CCc4[nH]ncc4C3)o2)cc1. The van der Waals surface area contributed by atoms with Crippen LogP contribution in [-0.4, -0.2) is 16.2 Å². The van der Waals surface area contributed by atoms with Crippen LogP contribution < -0.4 is 10.1 Å². The maximum absolute atomic E-state index is 5.73. The number of para-hydroxylation sites is 1. The summed E-state index contributed by atoms with van der Waals surface area (Å²) in [6.07, 6.45) is 5.11. The number of nitrogens with one attached hydrogen (secondary N) is 2. The monoisotopic (exact) mass is 309 g/mol. The van der Waals surface area contributed by atoms with Crippen molar-refractivity contribution in [3.05, 3.63) is 65.7 Å². The number of H-pyrrole nitrogens is 1. The third kappa shape index (κ3) is 3.29. The highest BCUT2D eigenvalue weighted by molar-refractivity contribution is 5.26. The van der Waals surface area contributed by atoms with Crippen LogP contribution in [-0.2, 0) is 19.4 Å². The van der Waals surface area contributed by atoms with Gasteiger partial charge in [-0.1, -0.05) is 18.2 Å². The first-order valence-electron chi connectivity index (χ1n) is 7.93. The third-order valence-electron chi connectivity index (χ3n) is 4.18. The van der Waals surface area contributed by atoms with Crippen LogP contribution in [0.3, 0.4) is 0 Å². The molecule has 5 heteroatoms. The number of aromatic nitrogens is 2. The molecular formula is C18H19N3O2. The van der Waals surface area contributed by atoms with E-state index in [1.54, 1.807) is 0 Å². The number of hydrogen-bond acceptors (Lipinski definition) is 4. The molecule has 118 valence electrons. The largest absolute Gasteiger partial charge is 0.429 e. The minimum Gasteiger partial charge on any atom is -0.429 e. The Morgan fingerprint density at radius 3 is 3.04 bits per heavy atom. The van der Waals surface area contributed by atoms with Crippen molar-refractivity contribution in [1.29, 1.82) is 0 Å². The Labute approximate surface area is 134 Å². The van der Waals surface area contributed by atoms with Crippen LogP contribution in [0.5, 0.6) is 11.7 Å².